The van der Waals surface area contributed by atoms with Crippen LogP contribution in [-0.4, -0.2) is 16.9 Å². The number of benzene rings is 2. The van der Waals surface area contributed by atoms with Crippen LogP contribution in [0.1, 0.15) is 23.7 Å². The first kappa shape index (κ1) is 12.3. The molecule has 0 saturated carbocycles. The Morgan fingerprint density at radius 3 is 2.50 bits per heavy atom. The van der Waals surface area contributed by atoms with Gasteiger partial charge in [-0.3, -0.25) is 9.59 Å². The van der Waals surface area contributed by atoms with Crippen LogP contribution in [0, 0.1) is 5.92 Å². The molecule has 1 N–H and O–H groups in total. The molecule has 2 aromatic carbocycles. The Balaban J connectivity index is 2.36. The Labute approximate surface area is 105 Å². The van der Waals surface area contributed by atoms with Gasteiger partial charge in [-0.25, -0.2) is 0 Å². The van der Waals surface area contributed by atoms with E-state index < -0.39 is 11.9 Å². The first-order valence-corrected chi connectivity index (χ1v) is 5.83. The van der Waals surface area contributed by atoms with Crippen LogP contribution in [0.3, 0.4) is 0 Å². The Kier molecular flexibility index (Phi) is 3.42. The fraction of sp³-hybridized carbons (Fsp3) is 0.200. The van der Waals surface area contributed by atoms with E-state index >= 15 is 0 Å². The monoisotopic (exact) mass is 242 g/mol. The minimum atomic E-state index is -0.941. The van der Waals surface area contributed by atoms with Crippen LogP contribution >= 0.6 is 0 Å². The minimum Gasteiger partial charge on any atom is -0.481 e. The number of carbonyl (C=O) groups excluding carboxylic acids is 1. The predicted octanol–water partition coefficient (Wildman–Crippen LogP) is 3.13. The number of hydrogen-bond acceptors (Lipinski definition) is 2. The summed E-state index contributed by atoms with van der Waals surface area (Å²) >= 11 is 0. The lowest BCUT2D eigenvalue weighted by molar-refractivity contribution is -0.141. The first-order valence-electron chi connectivity index (χ1n) is 5.83. The number of carboxylic acids is 1. The zero-order valence-electron chi connectivity index (χ0n) is 10.1. The van der Waals surface area contributed by atoms with Gasteiger partial charge in [0, 0.05) is 12.0 Å². The van der Waals surface area contributed by atoms with Crippen LogP contribution in [0.5, 0.6) is 0 Å². The van der Waals surface area contributed by atoms with Crippen LogP contribution in [0.4, 0.5) is 0 Å². The Hall–Kier alpha value is -2.16. The van der Waals surface area contributed by atoms with E-state index in [0.29, 0.717) is 5.56 Å². The second-order valence-electron chi connectivity index (χ2n) is 4.39. The van der Waals surface area contributed by atoms with Crippen molar-refractivity contribution in [3.63, 3.8) is 0 Å². The number of Topliss-reactive ketones (excluding diaryl/α,β-unsaturated/α-hetero) is 1. The Bertz CT molecular complexity index is 596. The maximum atomic E-state index is 12.1. The lowest BCUT2D eigenvalue weighted by Gasteiger charge is -2.08. The third kappa shape index (κ3) is 2.40. The maximum Gasteiger partial charge on any atom is 0.306 e. The Morgan fingerprint density at radius 2 is 1.78 bits per heavy atom. The van der Waals surface area contributed by atoms with Crippen molar-refractivity contribution in [1.29, 1.82) is 0 Å². The molecule has 0 fully saturated rings. The minimum absolute atomic E-state index is 0.0311. The van der Waals surface area contributed by atoms with Crippen molar-refractivity contribution in [3.05, 3.63) is 48.0 Å². The third-order valence-electron chi connectivity index (χ3n) is 3.00. The zero-order valence-corrected chi connectivity index (χ0v) is 10.1. The molecule has 0 aromatic heterocycles. The molecule has 92 valence electrons. The van der Waals surface area contributed by atoms with Gasteiger partial charge in [0.05, 0.1) is 5.92 Å². The number of ketones is 1. The summed E-state index contributed by atoms with van der Waals surface area (Å²) in [4.78, 5) is 22.9. The van der Waals surface area contributed by atoms with E-state index in [1.807, 2.05) is 36.4 Å². The number of hydrogen-bond donors (Lipinski definition) is 1. The highest BCUT2D eigenvalue weighted by Gasteiger charge is 2.18. The quantitative estimate of drug-likeness (QED) is 0.838. The van der Waals surface area contributed by atoms with Gasteiger partial charge in [0.1, 0.15) is 0 Å². The first-order chi connectivity index (χ1) is 8.59. The molecule has 1 atom stereocenters. The number of carbonyl (C=O) groups is 2. The van der Waals surface area contributed by atoms with Gasteiger partial charge in [-0.15, -0.1) is 0 Å². The molecule has 18 heavy (non-hydrogen) atoms. The molecular formula is C15H14O3. The molecule has 3 heteroatoms. The Morgan fingerprint density at radius 1 is 1.11 bits per heavy atom. The van der Waals surface area contributed by atoms with E-state index in [0.717, 1.165) is 10.8 Å². The fourth-order valence-corrected chi connectivity index (χ4v) is 1.94. The molecule has 2 rings (SSSR count). The molecule has 0 aliphatic heterocycles. The van der Waals surface area contributed by atoms with E-state index in [1.54, 1.807) is 13.0 Å². The molecule has 0 heterocycles. The lowest BCUT2D eigenvalue weighted by atomic mass is 9.95. The van der Waals surface area contributed by atoms with Crippen LogP contribution in [-0.2, 0) is 4.79 Å². The molecule has 0 saturated heterocycles. The van der Waals surface area contributed by atoms with Gasteiger partial charge in [-0.2, -0.15) is 0 Å². The molecule has 0 radical (unpaired) electrons. The van der Waals surface area contributed by atoms with Crippen molar-refractivity contribution < 1.29 is 14.7 Å². The highest BCUT2D eigenvalue weighted by molar-refractivity contribution is 6.08. The standard InChI is InChI=1S/C15H14O3/c1-10(15(17)18)9-14(16)13-8-4-6-11-5-2-3-7-12(11)13/h2-8,10H,9H2,1H3,(H,17,18)/t10-/m1/s1. The highest BCUT2D eigenvalue weighted by Crippen LogP contribution is 2.21. The highest BCUT2D eigenvalue weighted by atomic mass is 16.4. The molecule has 2 aromatic rings. The van der Waals surface area contributed by atoms with Crippen LogP contribution in [0.25, 0.3) is 10.8 Å². The van der Waals surface area contributed by atoms with Crippen LogP contribution < -0.4 is 0 Å². The van der Waals surface area contributed by atoms with E-state index in [9.17, 15) is 9.59 Å². The summed E-state index contributed by atoms with van der Waals surface area (Å²) in [7, 11) is 0. The summed E-state index contributed by atoms with van der Waals surface area (Å²) < 4.78 is 0. The summed E-state index contributed by atoms with van der Waals surface area (Å²) in [5.74, 6) is -1.72. The van der Waals surface area contributed by atoms with Crippen LogP contribution in [0.2, 0.25) is 0 Å². The maximum absolute atomic E-state index is 12.1. The number of carboxylic acid groups (broad SMARTS) is 1. The third-order valence-corrected chi connectivity index (χ3v) is 3.00. The zero-order chi connectivity index (χ0) is 13.1. The largest absolute Gasteiger partial charge is 0.481 e. The van der Waals surface area contributed by atoms with Gasteiger partial charge in [-0.1, -0.05) is 49.4 Å². The molecule has 0 amide bonds. The topological polar surface area (TPSA) is 54.4 Å². The van der Waals surface area contributed by atoms with E-state index in [4.69, 9.17) is 5.11 Å². The SMILES string of the molecule is C[C@H](CC(=O)c1cccc2ccccc12)C(=O)O. The molecule has 0 bridgehead atoms. The molecule has 0 aliphatic carbocycles. The molecule has 0 aliphatic rings. The average Bonchev–Trinajstić information content (AvgIpc) is 2.37. The number of rotatable bonds is 4. The average molecular weight is 242 g/mol. The van der Waals surface area contributed by atoms with E-state index in [2.05, 4.69) is 0 Å². The van der Waals surface area contributed by atoms with Gasteiger partial charge in [0.2, 0.25) is 0 Å². The summed E-state index contributed by atoms with van der Waals surface area (Å²) in [5, 5.41) is 10.7. The molecular weight excluding hydrogens is 228 g/mol. The van der Waals surface area contributed by atoms with Crippen molar-refractivity contribution in [2.45, 2.75) is 13.3 Å². The number of fused-ring (bicyclic) bond motifs is 1. The van der Waals surface area contributed by atoms with Crippen molar-refractivity contribution in [2.24, 2.45) is 5.92 Å². The second-order valence-corrected chi connectivity index (χ2v) is 4.39. The summed E-state index contributed by atoms with van der Waals surface area (Å²) in [6.07, 6.45) is 0.0311. The number of aliphatic carboxylic acids is 1. The van der Waals surface area contributed by atoms with Gasteiger partial charge in [0.25, 0.3) is 0 Å². The van der Waals surface area contributed by atoms with Gasteiger partial charge >= 0.3 is 5.97 Å². The normalized spacial score (nSPS) is 12.3. The van der Waals surface area contributed by atoms with Crippen molar-refractivity contribution in [3.8, 4) is 0 Å². The van der Waals surface area contributed by atoms with Gasteiger partial charge in [-0.05, 0) is 10.8 Å². The molecule has 0 spiro atoms. The summed E-state index contributed by atoms with van der Waals surface area (Å²) in [6.45, 7) is 1.55. The van der Waals surface area contributed by atoms with Gasteiger partial charge in [0.15, 0.2) is 5.78 Å². The molecule has 3 nitrogen and oxygen atoms in total. The van der Waals surface area contributed by atoms with Crippen LogP contribution in [0.15, 0.2) is 42.5 Å². The van der Waals surface area contributed by atoms with E-state index in [-0.39, 0.29) is 12.2 Å². The van der Waals surface area contributed by atoms with E-state index in [1.165, 1.54) is 0 Å². The van der Waals surface area contributed by atoms with Crippen molar-refractivity contribution in [2.75, 3.05) is 0 Å². The molecule has 0 unspecified atom stereocenters. The summed E-state index contributed by atoms with van der Waals surface area (Å²) in [6, 6.07) is 13.1. The lowest BCUT2D eigenvalue weighted by Crippen LogP contribution is -2.14. The van der Waals surface area contributed by atoms with Crippen molar-refractivity contribution in [1.82, 2.24) is 0 Å². The predicted molar refractivity (Wildman–Crippen MR) is 69.7 cm³/mol. The smallest absolute Gasteiger partial charge is 0.306 e. The van der Waals surface area contributed by atoms with Gasteiger partial charge < -0.3 is 5.11 Å². The fourth-order valence-electron chi connectivity index (χ4n) is 1.94. The second kappa shape index (κ2) is 5.00. The van der Waals surface area contributed by atoms with Crippen molar-refractivity contribution >= 4 is 22.5 Å². The summed E-state index contributed by atoms with van der Waals surface area (Å²) in [5.41, 5.74) is 0.598.